The van der Waals surface area contributed by atoms with Gasteiger partial charge in [0.2, 0.25) is 11.8 Å². The van der Waals surface area contributed by atoms with E-state index in [9.17, 15) is 9.59 Å². The standard InChI is InChI=1S/C13H19N3O2/c1-3-5-12(17)15-10-7-8-11(14-9-10)16-13(18)6-4-2/h7-9H,3-6H2,1-2H3,(H,15,17)(H,14,16,18). The van der Waals surface area contributed by atoms with Crippen molar-refractivity contribution in [1.82, 2.24) is 4.98 Å². The Morgan fingerprint density at radius 3 is 2.17 bits per heavy atom. The van der Waals surface area contributed by atoms with Crippen LogP contribution in [0.15, 0.2) is 18.3 Å². The van der Waals surface area contributed by atoms with Gasteiger partial charge in [-0.05, 0) is 25.0 Å². The van der Waals surface area contributed by atoms with Crippen molar-refractivity contribution in [3.05, 3.63) is 18.3 Å². The quantitative estimate of drug-likeness (QED) is 0.814. The van der Waals surface area contributed by atoms with Gasteiger partial charge < -0.3 is 10.6 Å². The highest BCUT2D eigenvalue weighted by Gasteiger charge is 2.03. The normalized spacial score (nSPS) is 9.89. The fourth-order valence-electron chi connectivity index (χ4n) is 1.42. The molecule has 1 aromatic heterocycles. The number of nitrogens with one attached hydrogen (secondary N) is 2. The molecule has 0 unspecified atom stereocenters. The van der Waals surface area contributed by atoms with Crippen molar-refractivity contribution in [3.63, 3.8) is 0 Å². The van der Waals surface area contributed by atoms with Crippen LogP contribution in [0.2, 0.25) is 0 Å². The zero-order chi connectivity index (χ0) is 13.4. The molecule has 2 N–H and O–H groups in total. The topological polar surface area (TPSA) is 71.1 Å². The van der Waals surface area contributed by atoms with E-state index in [0.717, 1.165) is 12.8 Å². The van der Waals surface area contributed by atoms with Gasteiger partial charge in [0.1, 0.15) is 5.82 Å². The second kappa shape index (κ2) is 7.42. The summed E-state index contributed by atoms with van der Waals surface area (Å²) in [5, 5.41) is 5.42. The van der Waals surface area contributed by atoms with Gasteiger partial charge in [-0.1, -0.05) is 13.8 Å². The molecule has 0 fully saturated rings. The summed E-state index contributed by atoms with van der Waals surface area (Å²) in [6, 6.07) is 3.40. The van der Waals surface area contributed by atoms with Gasteiger partial charge in [-0.15, -0.1) is 0 Å². The molecule has 5 nitrogen and oxygen atoms in total. The maximum atomic E-state index is 11.4. The molecule has 0 aliphatic heterocycles. The number of pyridine rings is 1. The highest BCUT2D eigenvalue weighted by molar-refractivity contribution is 5.91. The summed E-state index contributed by atoms with van der Waals surface area (Å²) in [6.07, 6.45) is 4.13. The Labute approximate surface area is 107 Å². The number of hydrogen-bond acceptors (Lipinski definition) is 3. The minimum absolute atomic E-state index is 0.0259. The van der Waals surface area contributed by atoms with Gasteiger partial charge in [0, 0.05) is 12.8 Å². The van der Waals surface area contributed by atoms with Gasteiger partial charge in [0.25, 0.3) is 0 Å². The number of carbonyl (C=O) groups is 2. The molecule has 5 heteroatoms. The fourth-order valence-corrected chi connectivity index (χ4v) is 1.42. The third kappa shape index (κ3) is 4.95. The van der Waals surface area contributed by atoms with E-state index in [1.165, 1.54) is 6.20 Å². The number of amides is 2. The number of hydrogen-bond donors (Lipinski definition) is 2. The number of nitrogens with zero attached hydrogens (tertiary/aromatic N) is 1. The monoisotopic (exact) mass is 249 g/mol. The molecule has 2 amide bonds. The van der Waals surface area contributed by atoms with Crippen LogP contribution in [-0.2, 0) is 9.59 Å². The van der Waals surface area contributed by atoms with Crippen molar-refractivity contribution in [2.45, 2.75) is 39.5 Å². The number of aromatic nitrogens is 1. The van der Waals surface area contributed by atoms with Crippen LogP contribution in [0.1, 0.15) is 39.5 Å². The lowest BCUT2D eigenvalue weighted by atomic mass is 10.3. The van der Waals surface area contributed by atoms with Crippen LogP contribution < -0.4 is 10.6 Å². The number of anilines is 2. The van der Waals surface area contributed by atoms with Crippen LogP contribution in [0.25, 0.3) is 0 Å². The molecule has 18 heavy (non-hydrogen) atoms. The smallest absolute Gasteiger partial charge is 0.225 e. The van der Waals surface area contributed by atoms with Crippen molar-refractivity contribution in [2.75, 3.05) is 10.6 Å². The summed E-state index contributed by atoms with van der Waals surface area (Å²) < 4.78 is 0. The second-order valence-electron chi connectivity index (χ2n) is 4.03. The van der Waals surface area contributed by atoms with E-state index >= 15 is 0 Å². The van der Waals surface area contributed by atoms with E-state index < -0.39 is 0 Å². The SMILES string of the molecule is CCCC(=O)Nc1ccc(NC(=O)CCC)nc1. The van der Waals surface area contributed by atoms with Crippen LogP contribution >= 0.6 is 0 Å². The zero-order valence-corrected chi connectivity index (χ0v) is 10.8. The zero-order valence-electron chi connectivity index (χ0n) is 10.8. The van der Waals surface area contributed by atoms with Gasteiger partial charge in [-0.3, -0.25) is 9.59 Å². The average molecular weight is 249 g/mol. The van der Waals surface area contributed by atoms with Crippen molar-refractivity contribution >= 4 is 23.3 Å². The van der Waals surface area contributed by atoms with Gasteiger partial charge in [0.05, 0.1) is 11.9 Å². The maximum absolute atomic E-state index is 11.4. The molecule has 0 bridgehead atoms. The summed E-state index contributed by atoms with van der Waals surface area (Å²) in [5.74, 6) is 0.428. The largest absolute Gasteiger partial charge is 0.325 e. The van der Waals surface area contributed by atoms with E-state index in [1.807, 2.05) is 13.8 Å². The molecule has 0 saturated heterocycles. The molecule has 0 saturated carbocycles. The molecule has 0 aliphatic rings. The molecule has 1 aromatic rings. The number of rotatable bonds is 6. The Balaban J connectivity index is 2.52. The molecular formula is C13H19N3O2. The van der Waals surface area contributed by atoms with Crippen LogP contribution in [0.5, 0.6) is 0 Å². The summed E-state index contributed by atoms with van der Waals surface area (Å²) in [7, 11) is 0. The predicted molar refractivity (Wildman–Crippen MR) is 71.3 cm³/mol. The third-order valence-corrected chi connectivity index (χ3v) is 2.27. The van der Waals surface area contributed by atoms with Gasteiger partial charge in [-0.2, -0.15) is 0 Å². The fraction of sp³-hybridized carbons (Fsp3) is 0.462. The Morgan fingerprint density at radius 1 is 1.06 bits per heavy atom. The second-order valence-corrected chi connectivity index (χ2v) is 4.03. The minimum Gasteiger partial charge on any atom is -0.325 e. The molecule has 0 radical (unpaired) electrons. The summed E-state index contributed by atoms with van der Waals surface area (Å²) >= 11 is 0. The van der Waals surface area contributed by atoms with E-state index in [2.05, 4.69) is 15.6 Å². The highest BCUT2D eigenvalue weighted by Crippen LogP contribution is 2.10. The molecule has 0 spiro atoms. The van der Waals surface area contributed by atoms with Crippen molar-refractivity contribution in [1.29, 1.82) is 0 Å². The summed E-state index contributed by atoms with van der Waals surface area (Å²) in [5.41, 5.74) is 0.641. The van der Waals surface area contributed by atoms with Gasteiger partial charge >= 0.3 is 0 Å². The lowest BCUT2D eigenvalue weighted by molar-refractivity contribution is -0.117. The van der Waals surface area contributed by atoms with Crippen molar-refractivity contribution < 1.29 is 9.59 Å². The van der Waals surface area contributed by atoms with Crippen LogP contribution in [0.3, 0.4) is 0 Å². The Bertz CT molecular complexity index is 362. The Kier molecular flexibility index (Phi) is 5.84. The van der Waals surface area contributed by atoms with Crippen molar-refractivity contribution in [2.24, 2.45) is 0 Å². The lowest BCUT2D eigenvalue weighted by Crippen LogP contribution is -2.13. The first-order chi connectivity index (χ1) is 8.65. The molecule has 98 valence electrons. The van der Waals surface area contributed by atoms with E-state index in [-0.39, 0.29) is 11.8 Å². The molecule has 0 atom stereocenters. The minimum atomic E-state index is -0.0484. The first-order valence-corrected chi connectivity index (χ1v) is 6.21. The lowest BCUT2D eigenvalue weighted by Gasteiger charge is -2.06. The molecule has 0 aliphatic carbocycles. The van der Waals surface area contributed by atoms with Crippen LogP contribution in [-0.4, -0.2) is 16.8 Å². The van der Waals surface area contributed by atoms with E-state index in [0.29, 0.717) is 24.3 Å². The van der Waals surface area contributed by atoms with Gasteiger partial charge in [-0.25, -0.2) is 4.98 Å². The summed E-state index contributed by atoms with van der Waals surface area (Å²) in [6.45, 7) is 3.89. The van der Waals surface area contributed by atoms with E-state index in [1.54, 1.807) is 12.1 Å². The average Bonchev–Trinajstić information content (AvgIpc) is 2.32. The predicted octanol–water partition coefficient (Wildman–Crippen LogP) is 2.56. The molecular weight excluding hydrogens is 230 g/mol. The molecule has 0 aromatic carbocycles. The first kappa shape index (κ1) is 14.2. The van der Waals surface area contributed by atoms with Crippen LogP contribution in [0, 0.1) is 0 Å². The van der Waals surface area contributed by atoms with Crippen LogP contribution in [0.4, 0.5) is 11.5 Å². The third-order valence-electron chi connectivity index (χ3n) is 2.27. The van der Waals surface area contributed by atoms with Crippen molar-refractivity contribution in [3.8, 4) is 0 Å². The Hall–Kier alpha value is -1.91. The van der Waals surface area contributed by atoms with E-state index in [4.69, 9.17) is 0 Å². The number of carbonyl (C=O) groups excluding carboxylic acids is 2. The highest BCUT2D eigenvalue weighted by atomic mass is 16.2. The first-order valence-electron chi connectivity index (χ1n) is 6.21. The maximum Gasteiger partial charge on any atom is 0.225 e. The molecule has 1 heterocycles. The molecule has 1 rings (SSSR count). The summed E-state index contributed by atoms with van der Waals surface area (Å²) in [4.78, 5) is 26.8. The van der Waals surface area contributed by atoms with Gasteiger partial charge in [0.15, 0.2) is 0 Å². The Morgan fingerprint density at radius 2 is 1.67 bits per heavy atom.